The molecule has 0 saturated carbocycles. The predicted molar refractivity (Wildman–Crippen MR) is 109 cm³/mol. The van der Waals surface area contributed by atoms with Crippen LogP contribution in [0.2, 0.25) is 0 Å². The predicted octanol–water partition coefficient (Wildman–Crippen LogP) is 2.25. The molecule has 2 aromatic rings. The molecule has 0 fully saturated rings. The van der Waals surface area contributed by atoms with Crippen LogP contribution in [0.1, 0.15) is 52.5 Å². The molecule has 3 rings (SSSR count). The summed E-state index contributed by atoms with van der Waals surface area (Å²) in [7, 11) is 0. The number of aromatic nitrogens is 2. The van der Waals surface area contributed by atoms with Crippen molar-refractivity contribution in [3.63, 3.8) is 0 Å². The van der Waals surface area contributed by atoms with Gasteiger partial charge in [-0.2, -0.15) is 0 Å². The van der Waals surface area contributed by atoms with Crippen LogP contribution in [0.5, 0.6) is 0 Å². The third-order valence-corrected chi connectivity index (χ3v) is 4.96. The summed E-state index contributed by atoms with van der Waals surface area (Å²) in [5.74, 6) is -3.43. The van der Waals surface area contributed by atoms with E-state index in [-0.39, 0.29) is 31.7 Å². The number of benzene rings is 1. The highest BCUT2D eigenvalue weighted by Crippen LogP contribution is 2.40. The minimum absolute atomic E-state index is 0.110. The fourth-order valence-electron chi connectivity index (χ4n) is 3.71. The maximum atomic E-state index is 13.5. The average Bonchev–Trinajstić information content (AvgIpc) is 3.28. The number of carbonyl (C=O) groups excluding carboxylic acids is 3. The summed E-state index contributed by atoms with van der Waals surface area (Å²) in [5.41, 5.74) is -0.282. The number of ketones is 1. The molecule has 0 aliphatic heterocycles. The highest BCUT2D eigenvalue weighted by Gasteiger charge is 2.50. The number of aromatic carboxylic acids is 1. The molecule has 0 bridgehead atoms. The van der Waals surface area contributed by atoms with Crippen LogP contribution in [0.25, 0.3) is 6.08 Å². The second kappa shape index (κ2) is 8.95. The van der Waals surface area contributed by atoms with Crippen LogP contribution < -0.4 is 0 Å². The Bertz CT molecular complexity index is 1070. The van der Waals surface area contributed by atoms with Crippen LogP contribution in [-0.2, 0) is 31.0 Å². The first kappa shape index (κ1) is 21.9. The summed E-state index contributed by atoms with van der Waals surface area (Å²) in [6, 6.07) is 6.88. The van der Waals surface area contributed by atoms with Crippen molar-refractivity contribution in [2.45, 2.75) is 32.2 Å². The molecule has 1 aliphatic rings. The topological polar surface area (TPSA) is 125 Å². The van der Waals surface area contributed by atoms with E-state index in [4.69, 9.17) is 9.47 Å². The first-order chi connectivity index (χ1) is 14.8. The Morgan fingerprint density at radius 3 is 2.55 bits per heavy atom. The number of Topliss-reactive ketones (excluding diaryl/α,β-unsaturated/α-hetero) is 1. The first-order valence-corrected chi connectivity index (χ1v) is 9.78. The average molecular weight is 426 g/mol. The van der Waals surface area contributed by atoms with Crippen molar-refractivity contribution in [2.75, 3.05) is 13.2 Å². The molecule has 1 aromatic heterocycles. The molecule has 1 heterocycles. The van der Waals surface area contributed by atoms with Gasteiger partial charge in [0.2, 0.25) is 5.82 Å². The molecule has 9 heteroatoms. The van der Waals surface area contributed by atoms with Crippen LogP contribution in [0.4, 0.5) is 0 Å². The minimum Gasteiger partial charge on any atom is -0.475 e. The molecule has 1 N–H and O–H groups in total. The van der Waals surface area contributed by atoms with Gasteiger partial charge in [-0.1, -0.05) is 24.3 Å². The van der Waals surface area contributed by atoms with E-state index < -0.39 is 35.1 Å². The van der Waals surface area contributed by atoms with E-state index in [9.17, 15) is 24.3 Å². The van der Waals surface area contributed by atoms with Gasteiger partial charge in [-0.15, -0.1) is 0 Å². The summed E-state index contributed by atoms with van der Waals surface area (Å²) in [5, 5.41) is 9.73. The van der Waals surface area contributed by atoms with E-state index >= 15 is 0 Å². The highest BCUT2D eigenvalue weighted by molar-refractivity contribution is 6.08. The van der Waals surface area contributed by atoms with Crippen molar-refractivity contribution in [1.29, 1.82) is 0 Å². The molecule has 1 atom stereocenters. The number of carboxylic acid groups (broad SMARTS) is 1. The number of hydrogen-bond donors (Lipinski definition) is 1. The van der Waals surface area contributed by atoms with E-state index in [1.165, 1.54) is 16.8 Å². The lowest BCUT2D eigenvalue weighted by molar-refractivity contribution is -0.145. The van der Waals surface area contributed by atoms with E-state index in [0.29, 0.717) is 11.1 Å². The minimum atomic E-state index is -1.54. The molecule has 1 aliphatic carbocycles. The number of ether oxygens (including phenoxy) is 2. The maximum Gasteiger partial charge on any atom is 0.372 e. The Kier molecular flexibility index (Phi) is 6.33. The van der Waals surface area contributed by atoms with Gasteiger partial charge in [0, 0.05) is 24.3 Å². The van der Waals surface area contributed by atoms with E-state index in [0.717, 1.165) is 6.08 Å². The lowest BCUT2D eigenvalue weighted by Gasteiger charge is -2.29. The van der Waals surface area contributed by atoms with Crippen molar-refractivity contribution in [1.82, 2.24) is 9.55 Å². The van der Waals surface area contributed by atoms with Gasteiger partial charge in [-0.3, -0.25) is 9.59 Å². The summed E-state index contributed by atoms with van der Waals surface area (Å²) in [4.78, 5) is 53.5. The Morgan fingerprint density at radius 1 is 1.19 bits per heavy atom. The summed E-state index contributed by atoms with van der Waals surface area (Å²) in [6.45, 7) is 3.62. The van der Waals surface area contributed by atoms with Crippen LogP contribution >= 0.6 is 0 Å². The number of imidazole rings is 1. The summed E-state index contributed by atoms with van der Waals surface area (Å²) in [6.07, 6.45) is 3.52. The number of nitrogens with zero attached hydrogens (tertiary/aromatic N) is 2. The lowest BCUT2D eigenvalue weighted by Crippen LogP contribution is -2.43. The molecule has 31 heavy (non-hydrogen) atoms. The number of fused-ring (bicyclic) bond motifs is 1. The SMILES string of the molecule is CCOC(=O)C=Cc1cn(C2(CC(=O)OCC)Cc3ccccc3C2=O)c(C(=O)O)n1. The fourth-order valence-corrected chi connectivity index (χ4v) is 3.71. The normalized spacial score (nSPS) is 17.5. The van der Waals surface area contributed by atoms with Crippen LogP contribution in [0.3, 0.4) is 0 Å². The molecular weight excluding hydrogens is 404 g/mol. The maximum absolute atomic E-state index is 13.5. The standard InChI is InChI=1S/C22H22N2O7/c1-3-30-17(25)10-9-15-13-24(20(23-15)21(28)29)22(12-18(26)31-4-2)11-14-7-5-6-8-16(14)19(22)27/h5-10,13H,3-4,11-12H2,1-2H3,(H,28,29). The van der Waals surface area contributed by atoms with Gasteiger partial charge in [0.05, 0.1) is 25.3 Å². The molecule has 0 spiro atoms. The Morgan fingerprint density at radius 2 is 1.90 bits per heavy atom. The molecular formula is C22H22N2O7. The van der Waals surface area contributed by atoms with Crippen LogP contribution in [0.15, 0.2) is 36.5 Å². The quantitative estimate of drug-likeness (QED) is 0.503. The Balaban J connectivity index is 2.12. The van der Waals surface area contributed by atoms with Gasteiger partial charge in [-0.25, -0.2) is 14.6 Å². The first-order valence-electron chi connectivity index (χ1n) is 9.78. The smallest absolute Gasteiger partial charge is 0.372 e. The number of rotatable bonds is 8. The van der Waals surface area contributed by atoms with Crippen molar-refractivity contribution in [2.24, 2.45) is 0 Å². The van der Waals surface area contributed by atoms with E-state index in [1.807, 2.05) is 0 Å². The Labute approximate surface area is 178 Å². The molecule has 0 amide bonds. The van der Waals surface area contributed by atoms with Crippen molar-refractivity contribution in [3.8, 4) is 0 Å². The zero-order chi connectivity index (χ0) is 22.6. The molecule has 0 radical (unpaired) electrons. The zero-order valence-corrected chi connectivity index (χ0v) is 17.2. The van der Waals surface area contributed by atoms with Gasteiger partial charge >= 0.3 is 17.9 Å². The van der Waals surface area contributed by atoms with Crippen molar-refractivity contribution < 1.29 is 33.8 Å². The molecule has 162 valence electrons. The number of hydrogen-bond acceptors (Lipinski definition) is 7. The summed E-state index contributed by atoms with van der Waals surface area (Å²) >= 11 is 0. The van der Waals surface area contributed by atoms with Gasteiger partial charge in [0.15, 0.2) is 5.78 Å². The number of esters is 2. The molecule has 0 saturated heterocycles. The lowest BCUT2D eigenvalue weighted by atomic mass is 9.89. The molecule has 1 unspecified atom stereocenters. The van der Waals surface area contributed by atoms with Crippen LogP contribution in [-0.4, -0.2) is 51.6 Å². The monoisotopic (exact) mass is 426 g/mol. The van der Waals surface area contributed by atoms with Gasteiger partial charge < -0.3 is 19.1 Å². The fraction of sp³-hybridized carbons (Fsp3) is 0.318. The van der Waals surface area contributed by atoms with E-state index in [1.54, 1.807) is 38.1 Å². The third-order valence-electron chi connectivity index (χ3n) is 4.96. The van der Waals surface area contributed by atoms with Gasteiger partial charge in [-0.05, 0) is 25.5 Å². The highest BCUT2D eigenvalue weighted by atomic mass is 16.5. The largest absolute Gasteiger partial charge is 0.475 e. The second-order valence-electron chi connectivity index (χ2n) is 6.93. The Hall–Kier alpha value is -3.75. The van der Waals surface area contributed by atoms with Crippen LogP contribution in [0, 0.1) is 0 Å². The number of carbonyl (C=O) groups is 4. The van der Waals surface area contributed by atoms with Gasteiger partial charge in [0.25, 0.3) is 0 Å². The summed E-state index contributed by atoms with van der Waals surface area (Å²) < 4.78 is 11.1. The molecule has 1 aromatic carbocycles. The van der Waals surface area contributed by atoms with E-state index in [2.05, 4.69) is 4.98 Å². The van der Waals surface area contributed by atoms with Crippen molar-refractivity contribution >= 4 is 29.8 Å². The zero-order valence-electron chi connectivity index (χ0n) is 17.2. The van der Waals surface area contributed by atoms with Gasteiger partial charge in [0.1, 0.15) is 5.54 Å². The second-order valence-corrected chi connectivity index (χ2v) is 6.93. The molecule has 9 nitrogen and oxygen atoms in total. The third kappa shape index (κ3) is 4.25. The van der Waals surface area contributed by atoms with Crippen molar-refractivity contribution in [3.05, 3.63) is 59.2 Å². The number of carboxylic acids is 1.